The van der Waals surface area contributed by atoms with Gasteiger partial charge in [0.15, 0.2) is 0 Å². The molecule has 15 rings (SSSR count). The summed E-state index contributed by atoms with van der Waals surface area (Å²) in [4.78, 5) is 2.42. The standard InChI is InChI=1S/C74H52N2/c1-73(2)68-46-54(33-40-62(68)63-41-38-59(47-69(63)73)75(58-37-32-50-20-12-13-21-52(50)44-58)57-35-30-51(31-36-57)49-18-6-3-7-19-49)53-34-43-72-66(45-53)65-27-15-17-29-71(65)76(72)60-39-42-64-61-26-14-16-28-67(61)74(70(64)48-60,55-22-8-4-9-23-55)56-24-10-5-11-25-56/h3-48H,1-2H3. The maximum atomic E-state index is 2.48. The lowest BCUT2D eigenvalue weighted by molar-refractivity contribution is 0.660. The largest absolute Gasteiger partial charge is 0.310 e. The van der Waals surface area contributed by atoms with Gasteiger partial charge in [-0.2, -0.15) is 0 Å². The van der Waals surface area contributed by atoms with Crippen molar-refractivity contribution in [3.05, 3.63) is 312 Å². The molecule has 0 saturated heterocycles. The normalized spacial score (nSPS) is 13.6. The highest BCUT2D eigenvalue weighted by molar-refractivity contribution is 6.11. The van der Waals surface area contributed by atoms with Gasteiger partial charge in [-0.05, 0) is 161 Å². The molecule has 0 amide bonds. The maximum Gasteiger partial charge on any atom is 0.0714 e. The Labute approximate surface area is 444 Å². The van der Waals surface area contributed by atoms with Crippen molar-refractivity contribution < 1.29 is 0 Å². The Balaban J connectivity index is 0.822. The van der Waals surface area contributed by atoms with E-state index < -0.39 is 5.41 Å². The lowest BCUT2D eigenvalue weighted by Gasteiger charge is -2.34. The average Bonchev–Trinajstić information content (AvgIpc) is 4.24. The van der Waals surface area contributed by atoms with E-state index in [0.717, 1.165) is 22.7 Å². The summed E-state index contributed by atoms with van der Waals surface area (Å²) in [5.74, 6) is 0. The summed E-state index contributed by atoms with van der Waals surface area (Å²) in [5, 5.41) is 4.94. The zero-order valence-electron chi connectivity index (χ0n) is 42.5. The lowest BCUT2D eigenvalue weighted by Crippen LogP contribution is -2.28. The number of para-hydroxylation sites is 1. The molecule has 0 fully saturated rings. The van der Waals surface area contributed by atoms with Crippen molar-refractivity contribution in [1.29, 1.82) is 0 Å². The first-order chi connectivity index (χ1) is 37.4. The molecule has 1 heterocycles. The second kappa shape index (κ2) is 17.0. The molecule has 0 spiro atoms. The molecule has 358 valence electrons. The number of hydrogen-bond acceptors (Lipinski definition) is 1. The van der Waals surface area contributed by atoms with Gasteiger partial charge in [-0.3, -0.25) is 0 Å². The molecule has 13 aromatic rings. The number of aromatic nitrogens is 1. The topological polar surface area (TPSA) is 8.17 Å². The van der Waals surface area contributed by atoms with Crippen molar-refractivity contribution >= 4 is 49.6 Å². The highest BCUT2D eigenvalue weighted by Crippen LogP contribution is 2.57. The van der Waals surface area contributed by atoms with Gasteiger partial charge in [0.1, 0.15) is 0 Å². The van der Waals surface area contributed by atoms with Crippen LogP contribution in [-0.4, -0.2) is 4.57 Å². The van der Waals surface area contributed by atoms with Crippen LogP contribution in [0.15, 0.2) is 279 Å². The molecule has 0 saturated carbocycles. The van der Waals surface area contributed by atoms with Gasteiger partial charge in [0, 0.05) is 38.9 Å². The Morgan fingerprint density at radius 2 is 0.816 bits per heavy atom. The Morgan fingerprint density at radius 1 is 0.303 bits per heavy atom. The first kappa shape index (κ1) is 44.0. The minimum absolute atomic E-state index is 0.245. The quantitative estimate of drug-likeness (QED) is 0.147. The van der Waals surface area contributed by atoms with E-state index in [4.69, 9.17) is 0 Å². The third kappa shape index (κ3) is 6.60. The molecule has 76 heavy (non-hydrogen) atoms. The summed E-state index contributed by atoms with van der Waals surface area (Å²) in [5.41, 5.74) is 24.1. The number of nitrogens with zero attached hydrogens (tertiary/aromatic N) is 2. The Morgan fingerprint density at radius 3 is 1.59 bits per heavy atom. The fraction of sp³-hybridized carbons (Fsp3) is 0.0541. The maximum absolute atomic E-state index is 2.48. The third-order valence-corrected chi connectivity index (χ3v) is 16.8. The first-order valence-electron chi connectivity index (χ1n) is 26.6. The Kier molecular flexibility index (Phi) is 9.86. The predicted molar refractivity (Wildman–Crippen MR) is 319 cm³/mol. The van der Waals surface area contributed by atoms with Gasteiger partial charge in [0.05, 0.1) is 16.4 Å². The number of anilines is 3. The highest BCUT2D eigenvalue weighted by Gasteiger charge is 2.46. The van der Waals surface area contributed by atoms with E-state index in [1.54, 1.807) is 0 Å². The zero-order chi connectivity index (χ0) is 50.5. The molecular weight excluding hydrogens is 917 g/mol. The molecule has 2 heteroatoms. The second-order valence-corrected chi connectivity index (χ2v) is 21.2. The van der Waals surface area contributed by atoms with Gasteiger partial charge in [-0.1, -0.05) is 220 Å². The Hall–Kier alpha value is -9.50. The van der Waals surface area contributed by atoms with Crippen LogP contribution in [-0.2, 0) is 10.8 Å². The first-order valence-corrected chi connectivity index (χ1v) is 26.6. The van der Waals surface area contributed by atoms with Crippen LogP contribution in [0.3, 0.4) is 0 Å². The van der Waals surface area contributed by atoms with Crippen LogP contribution in [0.1, 0.15) is 47.2 Å². The Bertz CT molecular complexity index is 4370. The van der Waals surface area contributed by atoms with Crippen LogP contribution >= 0.6 is 0 Å². The van der Waals surface area contributed by atoms with Crippen LogP contribution in [0.2, 0.25) is 0 Å². The van der Waals surface area contributed by atoms with E-state index in [1.165, 1.54) is 110 Å². The molecule has 0 atom stereocenters. The summed E-state index contributed by atoms with van der Waals surface area (Å²) in [6.07, 6.45) is 0. The lowest BCUT2D eigenvalue weighted by atomic mass is 9.67. The molecule has 12 aromatic carbocycles. The molecule has 1 aromatic heterocycles. The summed E-state index contributed by atoms with van der Waals surface area (Å²) >= 11 is 0. The average molecular weight is 969 g/mol. The van der Waals surface area contributed by atoms with E-state index in [2.05, 4.69) is 302 Å². The number of rotatable bonds is 8. The van der Waals surface area contributed by atoms with E-state index in [1.807, 2.05) is 0 Å². The molecule has 2 nitrogen and oxygen atoms in total. The van der Waals surface area contributed by atoms with Gasteiger partial charge in [0.25, 0.3) is 0 Å². The van der Waals surface area contributed by atoms with E-state index in [0.29, 0.717) is 0 Å². The zero-order valence-corrected chi connectivity index (χ0v) is 42.5. The van der Waals surface area contributed by atoms with Crippen LogP contribution in [0, 0.1) is 0 Å². The summed E-state index contributed by atoms with van der Waals surface area (Å²) in [6, 6.07) is 104. The number of fused-ring (bicyclic) bond motifs is 10. The van der Waals surface area contributed by atoms with Crippen molar-refractivity contribution in [2.24, 2.45) is 0 Å². The monoisotopic (exact) mass is 968 g/mol. The van der Waals surface area contributed by atoms with Gasteiger partial charge in [-0.25, -0.2) is 0 Å². The smallest absolute Gasteiger partial charge is 0.0714 e. The van der Waals surface area contributed by atoms with Crippen molar-refractivity contribution in [1.82, 2.24) is 4.57 Å². The predicted octanol–water partition coefficient (Wildman–Crippen LogP) is 19.4. The summed E-state index contributed by atoms with van der Waals surface area (Å²) in [7, 11) is 0. The van der Waals surface area contributed by atoms with Gasteiger partial charge in [-0.15, -0.1) is 0 Å². The molecule has 2 aliphatic rings. The minimum Gasteiger partial charge on any atom is -0.310 e. The number of hydrogen-bond donors (Lipinski definition) is 0. The van der Waals surface area contributed by atoms with Crippen LogP contribution < -0.4 is 4.90 Å². The third-order valence-electron chi connectivity index (χ3n) is 16.8. The summed E-state index contributed by atoms with van der Waals surface area (Å²) < 4.78 is 2.48. The SMILES string of the molecule is CC1(C)c2cc(-c3ccc4c(c3)c3ccccc3n4-c3ccc4c(c3)C(c3ccccc3)(c3ccccc3)c3ccccc3-4)ccc2-c2ccc(N(c3ccc(-c4ccccc4)cc3)c3ccc4ccccc4c3)cc21. The molecule has 0 unspecified atom stereocenters. The fourth-order valence-corrected chi connectivity index (χ4v) is 13.2. The minimum atomic E-state index is -0.481. The van der Waals surface area contributed by atoms with Crippen molar-refractivity contribution in [2.45, 2.75) is 24.7 Å². The van der Waals surface area contributed by atoms with Gasteiger partial charge < -0.3 is 9.47 Å². The van der Waals surface area contributed by atoms with Gasteiger partial charge >= 0.3 is 0 Å². The van der Waals surface area contributed by atoms with Gasteiger partial charge in [0.2, 0.25) is 0 Å². The van der Waals surface area contributed by atoms with Crippen molar-refractivity contribution in [3.8, 4) is 50.2 Å². The molecular formula is C74H52N2. The molecule has 0 aliphatic heterocycles. The van der Waals surface area contributed by atoms with Crippen molar-refractivity contribution in [3.63, 3.8) is 0 Å². The van der Waals surface area contributed by atoms with E-state index >= 15 is 0 Å². The number of benzene rings is 12. The van der Waals surface area contributed by atoms with Crippen LogP contribution in [0.25, 0.3) is 82.8 Å². The second-order valence-electron chi connectivity index (χ2n) is 21.2. The van der Waals surface area contributed by atoms with E-state index in [-0.39, 0.29) is 5.41 Å². The fourth-order valence-electron chi connectivity index (χ4n) is 13.2. The highest BCUT2D eigenvalue weighted by atomic mass is 15.1. The van der Waals surface area contributed by atoms with Crippen LogP contribution in [0.5, 0.6) is 0 Å². The molecule has 0 N–H and O–H groups in total. The van der Waals surface area contributed by atoms with E-state index in [9.17, 15) is 0 Å². The van der Waals surface area contributed by atoms with Crippen LogP contribution in [0.4, 0.5) is 17.1 Å². The van der Waals surface area contributed by atoms with Crippen molar-refractivity contribution in [2.75, 3.05) is 4.90 Å². The summed E-state index contributed by atoms with van der Waals surface area (Å²) in [6.45, 7) is 4.80. The molecule has 2 aliphatic carbocycles. The molecule has 0 bridgehead atoms. The molecule has 0 radical (unpaired) electrons.